The topological polar surface area (TPSA) is 81.7 Å². The van der Waals surface area contributed by atoms with Crippen molar-refractivity contribution in [2.45, 2.75) is 13.8 Å². The third-order valence-electron chi connectivity index (χ3n) is 2.94. The highest BCUT2D eigenvalue weighted by Gasteiger charge is 2.13. The zero-order valence-electron chi connectivity index (χ0n) is 11.8. The zero-order valence-corrected chi connectivity index (χ0v) is 11.8. The summed E-state index contributed by atoms with van der Waals surface area (Å²) in [4.78, 5) is 25.3. The van der Waals surface area contributed by atoms with Crippen molar-refractivity contribution in [3.63, 3.8) is 0 Å². The number of rotatable bonds is 6. The second-order valence-electron chi connectivity index (χ2n) is 4.28. The number of carbonyl (C=O) groups excluding carboxylic acids is 2. The molecule has 0 radical (unpaired) electrons. The van der Waals surface area contributed by atoms with Gasteiger partial charge in [0.15, 0.2) is 0 Å². The van der Waals surface area contributed by atoms with Crippen molar-refractivity contribution in [2.75, 3.05) is 31.5 Å². The Morgan fingerprint density at radius 1 is 1.10 bits per heavy atom. The number of hydrogen-bond acceptors (Lipinski definition) is 4. The average molecular weight is 279 g/mol. The van der Waals surface area contributed by atoms with Gasteiger partial charge in [0.25, 0.3) is 0 Å². The number of carbonyl (C=O) groups is 2. The lowest BCUT2D eigenvalue weighted by Crippen LogP contribution is -2.40. The van der Waals surface area contributed by atoms with Crippen molar-refractivity contribution < 1.29 is 14.7 Å². The van der Waals surface area contributed by atoms with E-state index in [0.29, 0.717) is 18.8 Å². The highest BCUT2D eigenvalue weighted by Crippen LogP contribution is 2.13. The molecule has 0 heterocycles. The number of anilines is 1. The first kappa shape index (κ1) is 16.0. The van der Waals surface area contributed by atoms with Crippen molar-refractivity contribution in [1.29, 1.82) is 0 Å². The van der Waals surface area contributed by atoms with E-state index < -0.39 is 11.8 Å². The molecule has 0 spiro atoms. The number of nitrogens with zero attached hydrogens (tertiary/aromatic N) is 1. The van der Waals surface area contributed by atoms with Crippen LogP contribution >= 0.6 is 0 Å². The van der Waals surface area contributed by atoms with Gasteiger partial charge in [-0.3, -0.25) is 9.59 Å². The molecular formula is C14H21N3O3. The molecule has 0 aliphatic rings. The molecule has 0 saturated heterocycles. The Bertz CT molecular complexity index is 441. The summed E-state index contributed by atoms with van der Waals surface area (Å²) in [6.45, 7) is 7.05. The Kier molecular flexibility index (Phi) is 6.52. The Balaban J connectivity index is 2.36. The number of benzene rings is 1. The molecule has 20 heavy (non-hydrogen) atoms. The Morgan fingerprint density at radius 2 is 1.70 bits per heavy atom. The Morgan fingerprint density at radius 3 is 2.25 bits per heavy atom. The van der Waals surface area contributed by atoms with E-state index in [1.165, 1.54) is 24.3 Å². The molecule has 6 heteroatoms. The molecule has 0 aliphatic heterocycles. The van der Waals surface area contributed by atoms with E-state index in [2.05, 4.69) is 15.5 Å². The fourth-order valence-electron chi connectivity index (χ4n) is 1.68. The molecule has 1 aromatic rings. The normalized spacial score (nSPS) is 10.3. The molecule has 0 saturated carbocycles. The van der Waals surface area contributed by atoms with Crippen LogP contribution < -0.4 is 10.6 Å². The summed E-state index contributed by atoms with van der Waals surface area (Å²) in [6.07, 6.45) is 0. The summed E-state index contributed by atoms with van der Waals surface area (Å²) in [6, 6.07) is 5.93. The van der Waals surface area contributed by atoms with Gasteiger partial charge in [-0.05, 0) is 37.4 Å². The second-order valence-corrected chi connectivity index (χ2v) is 4.28. The van der Waals surface area contributed by atoms with Crippen LogP contribution in [0.15, 0.2) is 24.3 Å². The van der Waals surface area contributed by atoms with Crippen LogP contribution in [0.25, 0.3) is 0 Å². The SMILES string of the molecule is CCN(CC)CCNC(=O)C(=O)Nc1ccc(O)cc1. The summed E-state index contributed by atoms with van der Waals surface area (Å²) in [5, 5.41) is 14.1. The molecule has 0 atom stereocenters. The lowest BCUT2D eigenvalue weighted by atomic mass is 10.3. The maximum Gasteiger partial charge on any atom is 0.313 e. The molecule has 0 aromatic heterocycles. The zero-order chi connectivity index (χ0) is 15.0. The summed E-state index contributed by atoms with van der Waals surface area (Å²) in [5.74, 6) is -1.27. The number of amides is 2. The molecule has 0 unspecified atom stereocenters. The van der Waals surface area contributed by atoms with Gasteiger partial charge in [-0.1, -0.05) is 13.8 Å². The van der Waals surface area contributed by atoms with Gasteiger partial charge >= 0.3 is 11.8 Å². The van der Waals surface area contributed by atoms with Crippen LogP contribution in [-0.2, 0) is 9.59 Å². The van der Waals surface area contributed by atoms with Gasteiger partial charge in [-0.2, -0.15) is 0 Å². The number of likely N-dealkylation sites (N-methyl/N-ethyl adjacent to an activating group) is 1. The first-order valence-electron chi connectivity index (χ1n) is 6.67. The molecule has 2 amide bonds. The van der Waals surface area contributed by atoms with E-state index in [1.54, 1.807) is 0 Å². The largest absolute Gasteiger partial charge is 0.508 e. The molecule has 3 N–H and O–H groups in total. The third-order valence-corrected chi connectivity index (χ3v) is 2.94. The monoisotopic (exact) mass is 279 g/mol. The minimum Gasteiger partial charge on any atom is -0.508 e. The molecule has 6 nitrogen and oxygen atoms in total. The predicted octanol–water partition coefficient (Wildman–Crippen LogP) is 0.789. The van der Waals surface area contributed by atoms with Crippen LogP contribution in [0.2, 0.25) is 0 Å². The van der Waals surface area contributed by atoms with Gasteiger partial charge in [0.2, 0.25) is 0 Å². The number of phenolic OH excluding ortho intramolecular Hbond substituents is 1. The highest BCUT2D eigenvalue weighted by molar-refractivity contribution is 6.39. The van der Waals surface area contributed by atoms with Crippen molar-refractivity contribution in [3.05, 3.63) is 24.3 Å². The number of hydrogen-bond donors (Lipinski definition) is 3. The first-order chi connectivity index (χ1) is 9.56. The predicted molar refractivity (Wildman–Crippen MR) is 77.5 cm³/mol. The van der Waals surface area contributed by atoms with Gasteiger partial charge < -0.3 is 20.6 Å². The van der Waals surface area contributed by atoms with Crippen molar-refractivity contribution in [2.24, 2.45) is 0 Å². The van der Waals surface area contributed by atoms with Crippen molar-refractivity contribution >= 4 is 17.5 Å². The average Bonchev–Trinajstić information content (AvgIpc) is 2.45. The lowest BCUT2D eigenvalue weighted by molar-refractivity contribution is -0.136. The van der Waals surface area contributed by atoms with Crippen LogP contribution in [0.4, 0.5) is 5.69 Å². The van der Waals surface area contributed by atoms with E-state index in [-0.39, 0.29) is 5.75 Å². The van der Waals surface area contributed by atoms with Crippen LogP contribution in [0, 0.1) is 0 Å². The van der Waals surface area contributed by atoms with Crippen LogP contribution in [0.5, 0.6) is 5.75 Å². The number of aromatic hydroxyl groups is 1. The van der Waals surface area contributed by atoms with Gasteiger partial charge in [-0.15, -0.1) is 0 Å². The second kappa shape index (κ2) is 8.16. The fraction of sp³-hybridized carbons (Fsp3) is 0.429. The van der Waals surface area contributed by atoms with E-state index in [0.717, 1.165) is 13.1 Å². The van der Waals surface area contributed by atoms with Crippen molar-refractivity contribution in [3.8, 4) is 5.75 Å². The number of nitrogens with one attached hydrogen (secondary N) is 2. The third kappa shape index (κ3) is 5.27. The fourth-order valence-corrected chi connectivity index (χ4v) is 1.68. The van der Waals surface area contributed by atoms with Gasteiger partial charge in [-0.25, -0.2) is 0 Å². The lowest BCUT2D eigenvalue weighted by Gasteiger charge is -2.17. The molecule has 0 aliphatic carbocycles. The summed E-state index contributed by atoms with van der Waals surface area (Å²) in [7, 11) is 0. The van der Waals surface area contributed by atoms with E-state index >= 15 is 0 Å². The molecule has 0 bridgehead atoms. The summed E-state index contributed by atoms with van der Waals surface area (Å²) < 4.78 is 0. The highest BCUT2D eigenvalue weighted by atomic mass is 16.3. The van der Waals surface area contributed by atoms with Crippen molar-refractivity contribution in [1.82, 2.24) is 10.2 Å². The van der Waals surface area contributed by atoms with Gasteiger partial charge in [0.05, 0.1) is 0 Å². The van der Waals surface area contributed by atoms with E-state index in [9.17, 15) is 9.59 Å². The smallest absolute Gasteiger partial charge is 0.313 e. The maximum atomic E-state index is 11.6. The first-order valence-corrected chi connectivity index (χ1v) is 6.67. The van der Waals surface area contributed by atoms with Gasteiger partial charge in [0, 0.05) is 18.8 Å². The van der Waals surface area contributed by atoms with E-state index in [4.69, 9.17) is 5.11 Å². The maximum absolute atomic E-state index is 11.6. The number of phenols is 1. The minimum atomic E-state index is -0.713. The summed E-state index contributed by atoms with van der Waals surface area (Å²) >= 11 is 0. The quantitative estimate of drug-likeness (QED) is 0.531. The van der Waals surface area contributed by atoms with Crippen LogP contribution in [0.3, 0.4) is 0 Å². The summed E-state index contributed by atoms with van der Waals surface area (Å²) in [5.41, 5.74) is 0.465. The van der Waals surface area contributed by atoms with Gasteiger partial charge in [0.1, 0.15) is 5.75 Å². The van der Waals surface area contributed by atoms with Crippen LogP contribution in [0.1, 0.15) is 13.8 Å². The Labute approximate surface area is 118 Å². The van der Waals surface area contributed by atoms with Crippen LogP contribution in [-0.4, -0.2) is 48.0 Å². The Hall–Kier alpha value is -2.08. The molecule has 1 aromatic carbocycles. The molecular weight excluding hydrogens is 258 g/mol. The molecule has 0 fully saturated rings. The standard InChI is InChI=1S/C14H21N3O3/c1-3-17(4-2)10-9-15-13(19)14(20)16-11-5-7-12(18)8-6-11/h5-8,18H,3-4,9-10H2,1-2H3,(H,15,19)(H,16,20). The molecule has 110 valence electrons. The van der Waals surface area contributed by atoms with E-state index in [1.807, 2.05) is 13.8 Å². The molecule has 1 rings (SSSR count). The minimum absolute atomic E-state index is 0.103.